The van der Waals surface area contributed by atoms with Crippen LogP contribution in [0.3, 0.4) is 0 Å². The van der Waals surface area contributed by atoms with E-state index in [0.29, 0.717) is 16.9 Å². The van der Waals surface area contributed by atoms with Crippen LogP contribution in [0.5, 0.6) is 5.75 Å². The van der Waals surface area contributed by atoms with Crippen molar-refractivity contribution < 1.29 is 4.74 Å². The van der Waals surface area contributed by atoms with Crippen molar-refractivity contribution in [3.63, 3.8) is 0 Å². The van der Waals surface area contributed by atoms with E-state index in [1.165, 1.54) is 0 Å². The minimum atomic E-state index is -0.0947. The van der Waals surface area contributed by atoms with Gasteiger partial charge in [0.15, 0.2) is 0 Å². The molecule has 0 saturated carbocycles. The van der Waals surface area contributed by atoms with E-state index in [9.17, 15) is 0 Å². The van der Waals surface area contributed by atoms with Gasteiger partial charge >= 0.3 is 0 Å². The van der Waals surface area contributed by atoms with E-state index in [0.717, 1.165) is 0 Å². The number of amidine groups is 1. The molecule has 1 aromatic carbocycles. The molecule has 4 heteroatoms. The first-order chi connectivity index (χ1) is 7.06. The van der Waals surface area contributed by atoms with E-state index in [4.69, 9.17) is 21.1 Å². The Hall–Kier alpha value is -2.02. The molecule has 0 unspecified atom stereocenters. The van der Waals surface area contributed by atoms with Gasteiger partial charge in [0.2, 0.25) is 0 Å². The monoisotopic (exact) mass is 203 g/mol. The van der Waals surface area contributed by atoms with Crippen molar-refractivity contribution in [1.82, 2.24) is 0 Å². The number of nitrogens with one attached hydrogen (secondary N) is 1. The molecule has 0 aliphatic carbocycles. The van der Waals surface area contributed by atoms with E-state index < -0.39 is 0 Å². The highest BCUT2D eigenvalue weighted by atomic mass is 16.5. The van der Waals surface area contributed by atoms with Crippen LogP contribution in [0.25, 0.3) is 0 Å². The van der Waals surface area contributed by atoms with E-state index >= 15 is 0 Å². The third-order valence-corrected chi connectivity index (χ3v) is 1.78. The van der Waals surface area contributed by atoms with Gasteiger partial charge in [-0.1, -0.05) is 6.07 Å². The Morgan fingerprint density at radius 2 is 2.20 bits per heavy atom. The van der Waals surface area contributed by atoms with Crippen molar-refractivity contribution in [2.24, 2.45) is 5.73 Å². The van der Waals surface area contributed by atoms with E-state index in [1.54, 1.807) is 18.2 Å². The molecule has 0 aromatic heterocycles. The first-order valence-corrected chi connectivity index (χ1v) is 4.60. The highest BCUT2D eigenvalue weighted by Gasteiger charge is 2.12. The molecule has 0 fully saturated rings. The summed E-state index contributed by atoms with van der Waals surface area (Å²) < 4.78 is 5.49. The van der Waals surface area contributed by atoms with Crippen LogP contribution in [0.15, 0.2) is 18.2 Å². The van der Waals surface area contributed by atoms with Crippen LogP contribution in [-0.2, 0) is 0 Å². The number of nitriles is 1. The molecule has 0 aliphatic heterocycles. The molecule has 0 spiro atoms. The summed E-state index contributed by atoms with van der Waals surface area (Å²) in [5.74, 6) is 0.297. The zero-order chi connectivity index (χ0) is 11.4. The number of para-hydroxylation sites is 1. The standard InChI is InChI=1S/C11H13N3O/c1-7(2)15-10-8(6-12)4-3-5-9(10)11(13)14/h3-5,7H,1-2H3,(H3,13,14). The van der Waals surface area contributed by atoms with Crippen molar-refractivity contribution in [2.45, 2.75) is 20.0 Å². The van der Waals surface area contributed by atoms with Crippen molar-refractivity contribution >= 4 is 5.84 Å². The molecule has 0 saturated heterocycles. The number of nitrogen functional groups attached to an aromatic ring is 1. The summed E-state index contributed by atoms with van der Waals surface area (Å²) in [7, 11) is 0. The molecule has 1 aromatic rings. The van der Waals surface area contributed by atoms with Crippen LogP contribution in [0.2, 0.25) is 0 Å². The predicted molar refractivity (Wildman–Crippen MR) is 57.9 cm³/mol. The molecule has 3 N–H and O–H groups in total. The summed E-state index contributed by atoms with van der Waals surface area (Å²) in [6.07, 6.45) is -0.0578. The Kier molecular flexibility index (Phi) is 3.29. The molecule has 0 bridgehead atoms. The Labute approximate surface area is 88.8 Å². The summed E-state index contributed by atoms with van der Waals surface area (Å²) in [5, 5.41) is 16.3. The molecule has 0 aliphatic rings. The maximum atomic E-state index is 8.90. The van der Waals surface area contributed by atoms with Crippen LogP contribution in [0.4, 0.5) is 0 Å². The minimum Gasteiger partial charge on any atom is -0.489 e. The van der Waals surface area contributed by atoms with E-state index in [-0.39, 0.29) is 11.9 Å². The summed E-state index contributed by atoms with van der Waals surface area (Å²) in [5.41, 5.74) is 6.27. The number of nitrogens with two attached hydrogens (primary N) is 1. The van der Waals surface area contributed by atoms with Gasteiger partial charge in [-0.25, -0.2) is 0 Å². The molecule has 0 radical (unpaired) electrons. The average molecular weight is 203 g/mol. The number of nitrogens with zero attached hydrogens (tertiary/aromatic N) is 1. The van der Waals surface area contributed by atoms with Gasteiger partial charge in [0, 0.05) is 0 Å². The third kappa shape index (κ3) is 2.47. The molecule has 78 valence electrons. The fourth-order valence-corrected chi connectivity index (χ4v) is 1.20. The largest absolute Gasteiger partial charge is 0.489 e. The first kappa shape index (κ1) is 11.1. The van der Waals surface area contributed by atoms with Crippen molar-refractivity contribution in [3.8, 4) is 11.8 Å². The lowest BCUT2D eigenvalue weighted by Gasteiger charge is -2.14. The van der Waals surface area contributed by atoms with Crippen LogP contribution >= 0.6 is 0 Å². The fraction of sp³-hybridized carbons (Fsp3) is 0.273. The van der Waals surface area contributed by atoms with Gasteiger partial charge in [-0.2, -0.15) is 5.26 Å². The fourth-order valence-electron chi connectivity index (χ4n) is 1.20. The van der Waals surface area contributed by atoms with Crippen LogP contribution in [-0.4, -0.2) is 11.9 Å². The Morgan fingerprint density at radius 3 is 2.67 bits per heavy atom. The van der Waals surface area contributed by atoms with Gasteiger partial charge in [-0.15, -0.1) is 0 Å². The maximum absolute atomic E-state index is 8.90. The zero-order valence-electron chi connectivity index (χ0n) is 8.74. The van der Waals surface area contributed by atoms with Gasteiger partial charge in [0.05, 0.1) is 17.2 Å². The Morgan fingerprint density at radius 1 is 1.53 bits per heavy atom. The SMILES string of the molecule is CC(C)Oc1c(C#N)cccc1C(=N)N. The summed E-state index contributed by atoms with van der Waals surface area (Å²) in [6, 6.07) is 7.01. The smallest absolute Gasteiger partial charge is 0.148 e. The van der Waals surface area contributed by atoms with Crippen LogP contribution in [0.1, 0.15) is 25.0 Å². The molecular formula is C11H13N3O. The molecule has 0 atom stereocenters. The molecule has 4 nitrogen and oxygen atoms in total. The summed E-state index contributed by atoms with van der Waals surface area (Å²) >= 11 is 0. The lowest BCUT2D eigenvalue weighted by molar-refractivity contribution is 0.241. The minimum absolute atomic E-state index is 0.0578. The molecule has 15 heavy (non-hydrogen) atoms. The second kappa shape index (κ2) is 4.47. The Bertz CT molecular complexity index is 418. The van der Waals surface area contributed by atoms with Gasteiger partial charge in [0.1, 0.15) is 17.7 Å². The first-order valence-electron chi connectivity index (χ1n) is 4.60. The second-order valence-corrected chi connectivity index (χ2v) is 3.37. The number of benzene rings is 1. The lowest BCUT2D eigenvalue weighted by atomic mass is 10.1. The van der Waals surface area contributed by atoms with Crippen molar-refractivity contribution in [1.29, 1.82) is 10.7 Å². The molecular weight excluding hydrogens is 190 g/mol. The van der Waals surface area contributed by atoms with Crippen molar-refractivity contribution in [3.05, 3.63) is 29.3 Å². The molecule has 0 amide bonds. The third-order valence-electron chi connectivity index (χ3n) is 1.78. The van der Waals surface area contributed by atoms with Gasteiger partial charge < -0.3 is 10.5 Å². The topological polar surface area (TPSA) is 82.9 Å². The van der Waals surface area contributed by atoms with Crippen LogP contribution in [0, 0.1) is 16.7 Å². The maximum Gasteiger partial charge on any atom is 0.148 e. The zero-order valence-corrected chi connectivity index (χ0v) is 8.74. The van der Waals surface area contributed by atoms with Crippen molar-refractivity contribution in [2.75, 3.05) is 0 Å². The summed E-state index contributed by atoms with van der Waals surface area (Å²) in [6.45, 7) is 3.72. The summed E-state index contributed by atoms with van der Waals surface area (Å²) in [4.78, 5) is 0. The molecule has 1 rings (SSSR count). The number of hydrogen-bond acceptors (Lipinski definition) is 3. The average Bonchev–Trinajstić information content (AvgIpc) is 2.16. The molecule has 0 heterocycles. The normalized spacial score (nSPS) is 9.73. The van der Waals surface area contributed by atoms with Gasteiger partial charge in [0.25, 0.3) is 0 Å². The van der Waals surface area contributed by atoms with Crippen LogP contribution < -0.4 is 10.5 Å². The predicted octanol–water partition coefficient (Wildman–Crippen LogP) is 1.63. The number of rotatable bonds is 3. The highest BCUT2D eigenvalue weighted by molar-refractivity contribution is 5.98. The lowest BCUT2D eigenvalue weighted by Crippen LogP contribution is -2.16. The Balaban J connectivity index is 3.28. The van der Waals surface area contributed by atoms with Gasteiger partial charge in [-0.05, 0) is 26.0 Å². The second-order valence-electron chi connectivity index (χ2n) is 3.37. The quantitative estimate of drug-likeness (QED) is 0.578. The number of ether oxygens (including phenoxy) is 1. The van der Waals surface area contributed by atoms with E-state index in [1.807, 2.05) is 19.9 Å². The van der Waals surface area contributed by atoms with Gasteiger partial charge in [-0.3, -0.25) is 5.41 Å². The number of hydrogen-bond donors (Lipinski definition) is 2. The van der Waals surface area contributed by atoms with E-state index in [2.05, 4.69) is 0 Å². The highest BCUT2D eigenvalue weighted by Crippen LogP contribution is 2.24.